The summed E-state index contributed by atoms with van der Waals surface area (Å²) >= 11 is 7.80. The lowest BCUT2D eigenvalue weighted by Gasteiger charge is -2.16. The molecule has 0 aromatic carbocycles. The average molecular weight is 330 g/mol. The Balaban J connectivity index is 3.42. The number of halogens is 2. The molecule has 0 saturated carbocycles. The van der Waals surface area contributed by atoms with Gasteiger partial charge in [-0.2, -0.15) is 0 Å². The number of hydrogen-bond donors (Lipinski definition) is 0. The molecule has 0 atom stereocenters. The Morgan fingerprint density at radius 2 is 1.15 bits per heavy atom. The van der Waals surface area contributed by atoms with Gasteiger partial charge in [0, 0.05) is 0 Å². The first-order valence-electron chi connectivity index (χ1n) is 5.50. The highest BCUT2D eigenvalue weighted by molar-refractivity contribution is 9.51. The summed E-state index contributed by atoms with van der Waals surface area (Å²) in [5.41, 5.74) is 0. The lowest BCUT2D eigenvalue weighted by atomic mass is 10.3. The minimum absolute atomic E-state index is 1.15. The van der Waals surface area contributed by atoms with Crippen LogP contribution in [0, 0.1) is 0 Å². The van der Waals surface area contributed by atoms with Crippen LogP contribution in [0.4, 0.5) is 0 Å². The Hall–Kier alpha value is 1.18. The Labute approximate surface area is 100 Å². The topological polar surface area (TPSA) is 0 Å². The van der Waals surface area contributed by atoms with Gasteiger partial charge in [-0.05, 0) is 12.1 Å². The maximum absolute atomic E-state index is 3.90. The SMILES string of the molecule is CCCCC[Si](Br)(Br)CCCCC. The molecule has 0 aliphatic rings. The molecular formula is C10H22Br2Si. The standard InChI is InChI=1S/C10H22Br2Si/c1-3-5-7-9-13(11,12)10-8-6-4-2/h3-10H2,1-2H3. The molecule has 0 spiro atoms. The molecule has 0 aromatic rings. The van der Waals surface area contributed by atoms with Crippen molar-refractivity contribution in [3.05, 3.63) is 0 Å². The van der Waals surface area contributed by atoms with Gasteiger partial charge in [-0.15, -0.1) is 30.6 Å². The van der Waals surface area contributed by atoms with Crippen molar-refractivity contribution in [2.75, 3.05) is 0 Å². The van der Waals surface area contributed by atoms with Gasteiger partial charge in [0.2, 0.25) is 5.31 Å². The van der Waals surface area contributed by atoms with Crippen LogP contribution in [-0.4, -0.2) is 5.31 Å². The largest absolute Gasteiger partial charge is 0.201 e. The molecule has 0 amide bonds. The molecule has 0 heterocycles. The molecule has 0 aliphatic heterocycles. The molecular weight excluding hydrogens is 308 g/mol. The molecule has 80 valence electrons. The average Bonchev–Trinajstić information content (AvgIpc) is 2.05. The van der Waals surface area contributed by atoms with Gasteiger partial charge < -0.3 is 0 Å². The van der Waals surface area contributed by atoms with E-state index in [9.17, 15) is 0 Å². The lowest BCUT2D eigenvalue weighted by Crippen LogP contribution is -2.16. The second kappa shape index (κ2) is 8.48. The van der Waals surface area contributed by atoms with E-state index >= 15 is 0 Å². The summed E-state index contributed by atoms with van der Waals surface area (Å²) in [5.74, 6) is 0. The predicted octanol–water partition coefficient (Wildman–Crippen LogP) is 5.60. The molecule has 3 heteroatoms. The highest BCUT2D eigenvalue weighted by Crippen LogP contribution is 2.33. The van der Waals surface area contributed by atoms with Crippen LogP contribution in [0.3, 0.4) is 0 Å². The molecule has 0 bridgehead atoms. The monoisotopic (exact) mass is 328 g/mol. The molecule has 0 nitrogen and oxygen atoms in total. The van der Waals surface area contributed by atoms with Gasteiger partial charge >= 0.3 is 0 Å². The highest BCUT2D eigenvalue weighted by Gasteiger charge is 2.24. The Morgan fingerprint density at radius 3 is 1.46 bits per heavy atom. The zero-order valence-corrected chi connectivity index (χ0v) is 13.1. The second-order valence-electron chi connectivity index (χ2n) is 3.77. The Bertz CT molecular complexity index is 103. The molecule has 0 N–H and O–H groups in total. The molecule has 0 unspecified atom stereocenters. The van der Waals surface area contributed by atoms with Crippen LogP contribution in [0.5, 0.6) is 0 Å². The highest BCUT2D eigenvalue weighted by atomic mass is 79.9. The van der Waals surface area contributed by atoms with Gasteiger partial charge in [-0.1, -0.05) is 52.4 Å². The predicted molar refractivity (Wildman–Crippen MR) is 72.3 cm³/mol. The van der Waals surface area contributed by atoms with Crippen LogP contribution < -0.4 is 0 Å². The minimum Gasteiger partial charge on any atom is -0.111 e. The van der Waals surface area contributed by atoms with Gasteiger partial charge in [0.25, 0.3) is 0 Å². The summed E-state index contributed by atoms with van der Waals surface area (Å²) in [5, 5.41) is -1.15. The van der Waals surface area contributed by atoms with E-state index in [0.717, 1.165) is 0 Å². The Morgan fingerprint density at radius 1 is 0.769 bits per heavy atom. The summed E-state index contributed by atoms with van der Waals surface area (Å²) in [7, 11) is 0. The smallest absolute Gasteiger partial charge is 0.111 e. The third-order valence-corrected chi connectivity index (χ3v) is 9.22. The first kappa shape index (κ1) is 14.2. The fourth-order valence-corrected chi connectivity index (χ4v) is 6.54. The van der Waals surface area contributed by atoms with E-state index in [0.29, 0.717) is 0 Å². The van der Waals surface area contributed by atoms with E-state index in [1.165, 1.54) is 50.6 Å². The van der Waals surface area contributed by atoms with Crippen molar-refractivity contribution >= 4 is 35.9 Å². The summed E-state index contributed by atoms with van der Waals surface area (Å²) in [4.78, 5) is 0. The van der Waals surface area contributed by atoms with E-state index < -0.39 is 5.31 Å². The van der Waals surface area contributed by atoms with Crippen molar-refractivity contribution in [3.8, 4) is 0 Å². The van der Waals surface area contributed by atoms with Gasteiger partial charge in [0.05, 0.1) is 0 Å². The molecule has 13 heavy (non-hydrogen) atoms. The van der Waals surface area contributed by atoms with E-state index in [1.54, 1.807) is 0 Å². The normalized spacial score (nSPS) is 12.0. The van der Waals surface area contributed by atoms with E-state index in [4.69, 9.17) is 0 Å². The van der Waals surface area contributed by atoms with Crippen LogP contribution in [0.2, 0.25) is 12.1 Å². The number of rotatable bonds is 8. The summed E-state index contributed by atoms with van der Waals surface area (Å²) in [6.07, 6.45) is 8.23. The molecule has 0 aromatic heterocycles. The van der Waals surface area contributed by atoms with Gasteiger partial charge in [-0.3, -0.25) is 0 Å². The summed E-state index contributed by atoms with van der Waals surface area (Å²) in [6.45, 7) is 4.53. The molecule has 0 saturated heterocycles. The van der Waals surface area contributed by atoms with E-state index in [-0.39, 0.29) is 0 Å². The maximum atomic E-state index is 3.90. The summed E-state index contributed by atoms with van der Waals surface area (Å²) < 4.78 is 0. The van der Waals surface area contributed by atoms with Crippen LogP contribution >= 0.6 is 30.6 Å². The second-order valence-corrected chi connectivity index (χ2v) is 18.8. The van der Waals surface area contributed by atoms with Crippen molar-refractivity contribution in [2.24, 2.45) is 0 Å². The third kappa shape index (κ3) is 9.48. The van der Waals surface area contributed by atoms with E-state index in [1.807, 2.05) is 0 Å². The molecule has 0 aliphatic carbocycles. The first-order chi connectivity index (χ1) is 6.12. The van der Waals surface area contributed by atoms with Crippen molar-refractivity contribution < 1.29 is 0 Å². The van der Waals surface area contributed by atoms with Gasteiger partial charge in [0.15, 0.2) is 0 Å². The number of hydrogen-bond acceptors (Lipinski definition) is 0. The first-order valence-corrected chi connectivity index (χ1v) is 12.4. The zero-order valence-electron chi connectivity index (χ0n) is 8.91. The zero-order chi connectivity index (χ0) is 10.2. The Kier molecular flexibility index (Phi) is 9.25. The lowest BCUT2D eigenvalue weighted by molar-refractivity contribution is 0.749. The van der Waals surface area contributed by atoms with Crippen LogP contribution in [0.25, 0.3) is 0 Å². The molecule has 0 radical (unpaired) electrons. The number of unbranched alkanes of at least 4 members (excludes halogenated alkanes) is 4. The fraction of sp³-hybridized carbons (Fsp3) is 1.00. The maximum Gasteiger partial charge on any atom is 0.201 e. The minimum atomic E-state index is -1.15. The van der Waals surface area contributed by atoms with Crippen molar-refractivity contribution in [3.63, 3.8) is 0 Å². The molecule has 0 rings (SSSR count). The van der Waals surface area contributed by atoms with Crippen LogP contribution in [-0.2, 0) is 0 Å². The summed E-state index contributed by atoms with van der Waals surface area (Å²) in [6, 6.07) is 2.79. The quantitative estimate of drug-likeness (QED) is 0.309. The fourth-order valence-electron chi connectivity index (χ4n) is 1.39. The third-order valence-electron chi connectivity index (χ3n) is 2.29. The van der Waals surface area contributed by atoms with Gasteiger partial charge in [-0.25, -0.2) is 0 Å². The molecule has 0 fully saturated rings. The van der Waals surface area contributed by atoms with Gasteiger partial charge in [0.1, 0.15) is 0 Å². The van der Waals surface area contributed by atoms with E-state index in [2.05, 4.69) is 44.4 Å². The van der Waals surface area contributed by atoms with Crippen molar-refractivity contribution in [1.82, 2.24) is 0 Å². The van der Waals surface area contributed by atoms with Crippen LogP contribution in [0.1, 0.15) is 52.4 Å². The van der Waals surface area contributed by atoms with Crippen molar-refractivity contribution in [2.45, 2.75) is 64.5 Å². The van der Waals surface area contributed by atoms with Crippen LogP contribution in [0.15, 0.2) is 0 Å². The van der Waals surface area contributed by atoms with Crippen molar-refractivity contribution in [1.29, 1.82) is 0 Å².